The first-order chi connectivity index (χ1) is 14.1. The molecule has 0 saturated heterocycles. The van der Waals surface area contributed by atoms with Crippen molar-refractivity contribution in [1.29, 1.82) is 0 Å². The van der Waals surface area contributed by atoms with Crippen molar-refractivity contribution in [1.82, 2.24) is 10.2 Å². The highest BCUT2D eigenvalue weighted by atomic mass is 16.6. The Kier molecular flexibility index (Phi) is 19.1. The summed E-state index contributed by atoms with van der Waals surface area (Å²) in [6, 6.07) is 0. The van der Waals surface area contributed by atoms with Gasteiger partial charge in [-0.25, -0.2) is 0 Å². The average molecular weight is 416 g/mol. The summed E-state index contributed by atoms with van der Waals surface area (Å²) in [7, 11) is 1.56. The fourth-order valence-corrected chi connectivity index (χ4v) is 1.87. The van der Waals surface area contributed by atoms with Gasteiger partial charge in [0.1, 0.15) is 12.6 Å². The van der Waals surface area contributed by atoms with Gasteiger partial charge in [0, 0.05) is 39.1 Å². The number of amides is 2. The van der Waals surface area contributed by atoms with Crippen molar-refractivity contribution >= 4 is 24.4 Å². The van der Waals surface area contributed by atoms with Gasteiger partial charge in [-0.1, -0.05) is 0 Å². The second-order valence-electron chi connectivity index (χ2n) is 5.76. The van der Waals surface area contributed by atoms with E-state index in [0.717, 1.165) is 18.4 Å². The van der Waals surface area contributed by atoms with E-state index in [-0.39, 0.29) is 24.8 Å². The molecule has 166 valence electrons. The van der Waals surface area contributed by atoms with Crippen LogP contribution in [0.5, 0.6) is 0 Å². The lowest BCUT2D eigenvalue weighted by atomic mass is 10.3. The van der Waals surface area contributed by atoms with Gasteiger partial charge >= 0.3 is 0 Å². The van der Waals surface area contributed by atoms with Crippen LogP contribution in [0.1, 0.15) is 12.8 Å². The summed E-state index contributed by atoms with van der Waals surface area (Å²) in [6.45, 7) is 4.05. The molecule has 29 heavy (non-hydrogen) atoms. The highest BCUT2D eigenvalue weighted by Crippen LogP contribution is 1.91. The van der Waals surface area contributed by atoms with E-state index in [0.29, 0.717) is 72.1 Å². The van der Waals surface area contributed by atoms with Crippen molar-refractivity contribution in [2.45, 2.75) is 12.8 Å². The zero-order valence-corrected chi connectivity index (χ0v) is 17.0. The maximum atomic E-state index is 11.7. The number of carbonyl (C=O) groups excluding carboxylic acids is 4. The lowest BCUT2D eigenvalue weighted by Crippen LogP contribution is -2.33. The number of likely N-dealkylation sites (N-methyl/N-ethyl adjacent to an activating group) is 1. The van der Waals surface area contributed by atoms with E-state index in [9.17, 15) is 19.2 Å². The fourth-order valence-electron chi connectivity index (χ4n) is 1.87. The number of ether oxygens (including phenoxy) is 4. The summed E-state index contributed by atoms with van der Waals surface area (Å²) >= 11 is 0. The zero-order chi connectivity index (χ0) is 21.6. The topological polar surface area (TPSA) is 120 Å². The second kappa shape index (κ2) is 20.6. The number of nitrogens with one attached hydrogen (secondary N) is 1. The molecule has 0 aliphatic heterocycles. The minimum atomic E-state index is -0.332. The third-order valence-electron chi connectivity index (χ3n) is 3.43. The van der Waals surface area contributed by atoms with E-state index in [1.165, 1.54) is 4.90 Å². The van der Waals surface area contributed by atoms with E-state index in [1.807, 2.05) is 0 Å². The highest BCUT2D eigenvalue weighted by molar-refractivity contribution is 5.91. The Morgan fingerprint density at radius 1 is 0.862 bits per heavy atom. The molecule has 2 amide bonds. The standard InChI is InChI=1S/C19H32N2O8/c1-21(19(25)4-2-8-22)7-5-18(24)20-6-11-27-13-15-29-17-16-28-14-12-26-10-3-9-23/h2,4,8-9H,3,5-7,10-17H2,1H3,(H,20,24)/b4-2-. The van der Waals surface area contributed by atoms with Gasteiger partial charge in [0.15, 0.2) is 0 Å². The Hall–Kier alpha value is -2.14. The van der Waals surface area contributed by atoms with E-state index >= 15 is 0 Å². The number of hydrogen-bond donors (Lipinski definition) is 1. The number of rotatable bonds is 20. The van der Waals surface area contributed by atoms with E-state index < -0.39 is 0 Å². The van der Waals surface area contributed by atoms with Crippen LogP contribution >= 0.6 is 0 Å². The summed E-state index contributed by atoms with van der Waals surface area (Å²) in [6.07, 6.45) is 4.16. The summed E-state index contributed by atoms with van der Waals surface area (Å²) in [4.78, 5) is 44.8. The molecule has 0 fully saturated rings. The quantitative estimate of drug-likeness (QED) is 0.158. The van der Waals surface area contributed by atoms with Crippen LogP contribution in [0.2, 0.25) is 0 Å². The maximum Gasteiger partial charge on any atom is 0.246 e. The molecule has 0 heterocycles. The monoisotopic (exact) mass is 416 g/mol. The van der Waals surface area contributed by atoms with Gasteiger partial charge in [-0.15, -0.1) is 0 Å². The molecule has 0 atom stereocenters. The highest BCUT2D eigenvalue weighted by Gasteiger charge is 2.07. The Balaban J connectivity index is 3.36. The smallest absolute Gasteiger partial charge is 0.246 e. The SMILES string of the molecule is CN(CCC(=O)NCCOCCOCCOCCOCCC=O)C(=O)/C=C\C=O. The second-order valence-corrected chi connectivity index (χ2v) is 5.76. The van der Waals surface area contributed by atoms with Crippen molar-refractivity contribution in [3.8, 4) is 0 Å². The van der Waals surface area contributed by atoms with Crippen LogP contribution in [0, 0.1) is 0 Å². The Morgan fingerprint density at radius 2 is 1.41 bits per heavy atom. The molecule has 0 spiro atoms. The van der Waals surface area contributed by atoms with Crippen LogP contribution in [0.4, 0.5) is 0 Å². The minimum absolute atomic E-state index is 0.169. The molecule has 0 aliphatic carbocycles. The maximum absolute atomic E-state index is 11.7. The predicted molar refractivity (Wildman–Crippen MR) is 104 cm³/mol. The van der Waals surface area contributed by atoms with E-state index in [2.05, 4.69) is 5.32 Å². The summed E-state index contributed by atoms with van der Waals surface area (Å²) < 4.78 is 21.1. The number of aldehydes is 2. The molecular weight excluding hydrogens is 384 g/mol. The number of hydrogen-bond acceptors (Lipinski definition) is 8. The molecule has 0 aliphatic rings. The van der Waals surface area contributed by atoms with Crippen molar-refractivity contribution < 1.29 is 38.1 Å². The molecule has 0 unspecified atom stereocenters. The molecule has 1 N–H and O–H groups in total. The van der Waals surface area contributed by atoms with Crippen LogP contribution in [-0.4, -0.2) is 102 Å². The summed E-state index contributed by atoms with van der Waals surface area (Å²) in [5.41, 5.74) is 0. The lowest BCUT2D eigenvalue weighted by Gasteiger charge is -2.14. The third-order valence-corrected chi connectivity index (χ3v) is 3.43. The third kappa shape index (κ3) is 19.0. The van der Waals surface area contributed by atoms with Crippen molar-refractivity contribution in [3.63, 3.8) is 0 Å². The van der Waals surface area contributed by atoms with Crippen LogP contribution in [0.25, 0.3) is 0 Å². The molecule has 10 heteroatoms. The van der Waals surface area contributed by atoms with Crippen LogP contribution < -0.4 is 5.32 Å². The molecule has 0 aromatic rings. The van der Waals surface area contributed by atoms with Gasteiger partial charge in [-0.3, -0.25) is 14.4 Å². The first-order valence-corrected chi connectivity index (χ1v) is 9.50. The molecule has 0 radical (unpaired) electrons. The minimum Gasteiger partial charge on any atom is -0.379 e. The van der Waals surface area contributed by atoms with Gasteiger partial charge < -0.3 is 34.0 Å². The number of carbonyl (C=O) groups is 4. The molecule has 0 aromatic carbocycles. The van der Waals surface area contributed by atoms with Gasteiger partial charge in [0.2, 0.25) is 11.8 Å². The molecule has 0 rings (SSSR count). The fraction of sp³-hybridized carbons (Fsp3) is 0.684. The molecule has 0 saturated carbocycles. The molecule has 0 bridgehead atoms. The van der Waals surface area contributed by atoms with Crippen LogP contribution in [-0.2, 0) is 38.1 Å². The zero-order valence-electron chi connectivity index (χ0n) is 17.0. The molecule has 0 aromatic heterocycles. The molecule has 10 nitrogen and oxygen atoms in total. The predicted octanol–water partition coefficient (Wildman–Crippen LogP) is -0.638. The summed E-state index contributed by atoms with van der Waals surface area (Å²) in [5, 5.41) is 2.70. The van der Waals surface area contributed by atoms with Gasteiger partial charge in [-0.05, 0) is 6.08 Å². The number of allylic oxidation sites excluding steroid dienone is 1. The first-order valence-electron chi connectivity index (χ1n) is 9.50. The van der Waals surface area contributed by atoms with Gasteiger partial charge in [0.05, 0.1) is 52.9 Å². The van der Waals surface area contributed by atoms with Crippen LogP contribution in [0.3, 0.4) is 0 Å². The Labute approximate surface area is 171 Å². The van der Waals surface area contributed by atoms with Crippen molar-refractivity contribution in [2.24, 2.45) is 0 Å². The van der Waals surface area contributed by atoms with E-state index in [4.69, 9.17) is 18.9 Å². The number of nitrogens with zero attached hydrogens (tertiary/aromatic N) is 1. The van der Waals surface area contributed by atoms with Crippen molar-refractivity contribution in [3.05, 3.63) is 12.2 Å². The lowest BCUT2D eigenvalue weighted by molar-refractivity contribution is -0.126. The van der Waals surface area contributed by atoms with Crippen LogP contribution in [0.15, 0.2) is 12.2 Å². The Morgan fingerprint density at radius 3 is 1.97 bits per heavy atom. The van der Waals surface area contributed by atoms with Gasteiger partial charge in [0.25, 0.3) is 0 Å². The largest absolute Gasteiger partial charge is 0.379 e. The summed E-state index contributed by atoms with van der Waals surface area (Å²) in [5.74, 6) is -0.516. The Bertz CT molecular complexity index is 485. The normalized spacial score (nSPS) is 10.8. The first kappa shape index (κ1) is 26.9. The average Bonchev–Trinajstić information content (AvgIpc) is 2.72. The molecular formula is C19H32N2O8. The van der Waals surface area contributed by atoms with Crippen molar-refractivity contribution in [2.75, 3.05) is 73.0 Å². The van der Waals surface area contributed by atoms with Gasteiger partial charge in [-0.2, -0.15) is 0 Å². The van der Waals surface area contributed by atoms with E-state index in [1.54, 1.807) is 7.05 Å².